The van der Waals surface area contributed by atoms with Crippen LogP contribution in [0.2, 0.25) is 5.02 Å². The molecule has 0 spiro atoms. The van der Waals surface area contributed by atoms with E-state index in [1.165, 1.54) is 12.1 Å². The highest BCUT2D eigenvalue weighted by molar-refractivity contribution is 6.30. The first kappa shape index (κ1) is 15.2. The van der Waals surface area contributed by atoms with Gasteiger partial charge in [0.25, 0.3) is 0 Å². The van der Waals surface area contributed by atoms with Crippen LogP contribution in [0.4, 0.5) is 18.9 Å². The number of hydrogen-bond acceptors (Lipinski definition) is 2. The highest BCUT2D eigenvalue weighted by Crippen LogP contribution is 2.30. The average Bonchev–Trinajstić information content (AvgIpc) is 2.46. The molecular formula is C15H10ClF3N2. The maximum Gasteiger partial charge on any atom is 0.416 e. The van der Waals surface area contributed by atoms with Crippen molar-refractivity contribution in [1.82, 2.24) is 0 Å². The molecule has 1 atom stereocenters. The van der Waals surface area contributed by atoms with Crippen LogP contribution < -0.4 is 5.32 Å². The number of rotatable bonds is 3. The third kappa shape index (κ3) is 3.89. The molecular weight excluding hydrogens is 301 g/mol. The lowest BCUT2D eigenvalue weighted by Gasteiger charge is -2.14. The molecule has 0 aliphatic rings. The fourth-order valence-electron chi connectivity index (χ4n) is 1.77. The molecule has 21 heavy (non-hydrogen) atoms. The van der Waals surface area contributed by atoms with Gasteiger partial charge in [0.2, 0.25) is 0 Å². The minimum atomic E-state index is -4.38. The molecule has 6 heteroatoms. The zero-order chi connectivity index (χ0) is 15.5. The fraction of sp³-hybridized carbons (Fsp3) is 0.133. The van der Waals surface area contributed by atoms with Crippen LogP contribution in [0, 0.1) is 11.3 Å². The second-order valence-corrected chi connectivity index (χ2v) is 4.77. The van der Waals surface area contributed by atoms with E-state index in [-0.39, 0.29) is 0 Å². The molecule has 2 rings (SSSR count). The van der Waals surface area contributed by atoms with Gasteiger partial charge in [0.05, 0.1) is 11.6 Å². The van der Waals surface area contributed by atoms with Gasteiger partial charge in [-0.3, -0.25) is 0 Å². The minimum Gasteiger partial charge on any atom is -0.366 e. The molecule has 108 valence electrons. The van der Waals surface area contributed by atoms with E-state index in [9.17, 15) is 13.2 Å². The van der Waals surface area contributed by atoms with Gasteiger partial charge >= 0.3 is 6.18 Å². The Morgan fingerprint density at radius 1 is 1.00 bits per heavy atom. The van der Waals surface area contributed by atoms with E-state index in [0.29, 0.717) is 16.3 Å². The van der Waals surface area contributed by atoms with Crippen molar-refractivity contribution < 1.29 is 13.2 Å². The zero-order valence-electron chi connectivity index (χ0n) is 10.7. The Morgan fingerprint density at radius 3 is 2.05 bits per heavy atom. The predicted octanol–water partition coefficient (Wildman–Crippen LogP) is 5.04. The molecule has 2 aromatic carbocycles. The predicted molar refractivity (Wildman–Crippen MR) is 74.9 cm³/mol. The number of anilines is 1. The molecule has 0 aliphatic heterocycles. The largest absolute Gasteiger partial charge is 0.416 e. The van der Waals surface area contributed by atoms with Crippen LogP contribution in [-0.4, -0.2) is 0 Å². The molecule has 1 unspecified atom stereocenters. The topological polar surface area (TPSA) is 35.8 Å². The van der Waals surface area contributed by atoms with Crippen LogP contribution in [0.5, 0.6) is 0 Å². The first-order valence-electron chi connectivity index (χ1n) is 5.99. The van der Waals surface area contributed by atoms with Crippen LogP contribution in [0.3, 0.4) is 0 Å². The number of nitrogens with one attached hydrogen (secondary N) is 1. The summed E-state index contributed by atoms with van der Waals surface area (Å²) in [7, 11) is 0. The zero-order valence-corrected chi connectivity index (χ0v) is 11.4. The number of nitrogens with zero attached hydrogens (tertiary/aromatic N) is 1. The van der Waals surface area contributed by atoms with Crippen molar-refractivity contribution in [3.63, 3.8) is 0 Å². The van der Waals surface area contributed by atoms with E-state index in [2.05, 4.69) is 5.32 Å². The normalized spacial score (nSPS) is 12.5. The summed E-state index contributed by atoms with van der Waals surface area (Å²) in [5.74, 6) is 0. The first-order valence-corrected chi connectivity index (χ1v) is 6.37. The van der Waals surface area contributed by atoms with Gasteiger partial charge in [0.1, 0.15) is 6.04 Å². The summed E-state index contributed by atoms with van der Waals surface area (Å²) in [6.07, 6.45) is -4.38. The van der Waals surface area contributed by atoms with Gasteiger partial charge in [0, 0.05) is 10.7 Å². The Labute approximate surface area is 124 Å². The van der Waals surface area contributed by atoms with Crippen molar-refractivity contribution in [1.29, 1.82) is 5.26 Å². The first-order chi connectivity index (χ1) is 9.90. The lowest BCUT2D eigenvalue weighted by Crippen LogP contribution is -2.10. The van der Waals surface area contributed by atoms with Crippen LogP contribution >= 0.6 is 11.6 Å². The van der Waals surface area contributed by atoms with Crippen molar-refractivity contribution in [3.05, 3.63) is 64.7 Å². The molecule has 0 bridgehead atoms. The fourth-order valence-corrected chi connectivity index (χ4v) is 1.89. The molecule has 0 radical (unpaired) electrons. The smallest absolute Gasteiger partial charge is 0.366 e. The molecule has 2 nitrogen and oxygen atoms in total. The Kier molecular flexibility index (Phi) is 4.39. The number of halogens is 4. The maximum absolute atomic E-state index is 12.5. The summed E-state index contributed by atoms with van der Waals surface area (Å²) in [6.45, 7) is 0. The SMILES string of the molecule is N#CC(Nc1ccc(Cl)cc1)c1ccc(C(F)(F)F)cc1. The monoisotopic (exact) mass is 310 g/mol. The van der Waals surface area contributed by atoms with Crippen molar-refractivity contribution in [3.8, 4) is 6.07 Å². The molecule has 0 fully saturated rings. The van der Waals surface area contributed by atoms with Gasteiger partial charge < -0.3 is 5.32 Å². The molecule has 0 aromatic heterocycles. The molecule has 0 saturated heterocycles. The molecule has 2 aromatic rings. The molecule has 0 saturated carbocycles. The summed E-state index contributed by atoms with van der Waals surface area (Å²) in [5.41, 5.74) is 0.376. The van der Waals surface area contributed by atoms with Crippen LogP contribution in [0.15, 0.2) is 48.5 Å². The van der Waals surface area contributed by atoms with Crippen LogP contribution in [-0.2, 0) is 6.18 Å². The van der Waals surface area contributed by atoms with E-state index in [1.807, 2.05) is 6.07 Å². The van der Waals surface area contributed by atoms with Gasteiger partial charge in [-0.2, -0.15) is 18.4 Å². The van der Waals surface area contributed by atoms with E-state index in [0.717, 1.165) is 12.1 Å². The van der Waals surface area contributed by atoms with Crippen molar-refractivity contribution in [2.75, 3.05) is 5.32 Å². The highest BCUT2D eigenvalue weighted by Gasteiger charge is 2.30. The highest BCUT2D eigenvalue weighted by atomic mass is 35.5. The third-order valence-electron chi connectivity index (χ3n) is 2.86. The minimum absolute atomic E-state index is 0.459. The Hall–Kier alpha value is -2.19. The Morgan fingerprint density at radius 2 is 1.57 bits per heavy atom. The third-order valence-corrected chi connectivity index (χ3v) is 3.11. The number of alkyl halides is 3. The summed E-state index contributed by atoms with van der Waals surface area (Å²) in [6, 6.07) is 12.5. The van der Waals surface area contributed by atoms with Gasteiger partial charge in [-0.15, -0.1) is 0 Å². The lowest BCUT2D eigenvalue weighted by molar-refractivity contribution is -0.137. The number of nitriles is 1. The van der Waals surface area contributed by atoms with Gasteiger partial charge in [-0.25, -0.2) is 0 Å². The number of benzene rings is 2. The molecule has 1 N–H and O–H groups in total. The molecule has 0 aliphatic carbocycles. The summed E-state index contributed by atoms with van der Waals surface area (Å²) >= 11 is 5.76. The van der Waals surface area contributed by atoms with Crippen LogP contribution in [0.1, 0.15) is 17.2 Å². The van der Waals surface area contributed by atoms with E-state index >= 15 is 0 Å². The van der Waals surface area contributed by atoms with Gasteiger partial charge in [0.15, 0.2) is 0 Å². The summed E-state index contributed by atoms with van der Waals surface area (Å²) < 4.78 is 37.5. The Bertz CT molecular complexity index is 643. The molecule has 0 amide bonds. The maximum atomic E-state index is 12.5. The van der Waals surface area contributed by atoms with Crippen molar-refractivity contribution in [2.24, 2.45) is 0 Å². The van der Waals surface area contributed by atoms with Crippen molar-refractivity contribution >= 4 is 17.3 Å². The van der Waals surface area contributed by atoms with Crippen LogP contribution in [0.25, 0.3) is 0 Å². The van der Waals surface area contributed by atoms with Gasteiger partial charge in [-0.1, -0.05) is 23.7 Å². The average molecular weight is 311 g/mol. The van der Waals surface area contributed by atoms with Gasteiger partial charge in [-0.05, 0) is 42.0 Å². The standard InChI is InChI=1S/C15H10ClF3N2/c16-12-5-7-13(8-6-12)21-14(9-20)10-1-3-11(4-2-10)15(17,18)19/h1-8,14,21H. The lowest BCUT2D eigenvalue weighted by atomic mass is 10.1. The summed E-state index contributed by atoms with van der Waals surface area (Å²) in [4.78, 5) is 0. The van der Waals surface area contributed by atoms with E-state index in [4.69, 9.17) is 16.9 Å². The summed E-state index contributed by atoms with van der Waals surface area (Å²) in [5, 5.41) is 12.7. The number of hydrogen-bond donors (Lipinski definition) is 1. The Balaban J connectivity index is 2.18. The van der Waals surface area contributed by atoms with E-state index < -0.39 is 17.8 Å². The quantitative estimate of drug-likeness (QED) is 0.862. The van der Waals surface area contributed by atoms with E-state index in [1.54, 1.807) is 24.3 Å². The second kappa shape index (κ2) is 6.06. The second-order valence-electron chi connectivity index (χ2n) is 4.33. The van der Waals surface area contributed by atoms with Crippen molar-refractivity contribution in [2.45, 2.75) is 12.2 Å². The molecule has 0 heterocycles.